The van der Waals surface area contributed by atoms with Crippen molar-refractivity contribution in [3.05, 3.63) is 70.3 Å². The summed E-state index contributed by atoms with van der Waals surface area (Å²) in [4.78, 5) is 14.8. The molecule has 0 aromatic heterocycles. The first-order chi connectivity index (χ1) is 12.6. The van der Waals surface area contributed by atoms with Crippen LogP contribution in [-0.4, -0.2) is 23.9 Å². The maximum atomic E-state index is 12.3. The number of hydrogen-bond donors (Lipinski definition) is 1. The van der Waals surface area contributed by atoms with Gasteiger partial charge in [0.25, 0.3) is 0 Å². The first-order valence-corrected chi connectivity index (χ1v) is 9.74. The van der Waals surface area contributed by atoms with Crippen molar-refractivity contribution in [3.8, 4) is 0 Å². The first kappa shape index (κ1) is 18.7. The Bertz CT molecular complexity index is 748. The van der Waals surface area contributed by atoms with Crippen LogP contribution in [0.1, 0.15) is 47.1 Å². The largest absolute Gasteiger partial charge is 0.352 e. The number of carbonyl (C=O) groups is 1. The molecule has 3 rings (SSSR count). The molecule has 0 spiro atoms. The van der Waals surface area contributed by atoms with Gasteiger partial charge in [0.1, 0.15) is 0 Å². The molecule has 1 N–H and O–H groups in total. The van der Waals surface area contributed by atoms with Crippen molar-refractivity contribution in [1.82, 2.24) is 10.2 Å². The third-order valence-corrected chi connectivity index (χ3v) is 5.40. The summed E-state index contributed by atoms with van der Waals surface area (Å²) in [7, 11) is 0. The molecule has 0 aliphatic carbocycles. The first-order valence-electron chi connectivity index (χ1n) is 9.74. The van der Waals surface area contributed by atoms with Crippen molar-refractivity contribution in [3.63, 3.8) is 0 Å². The molecule has 0 bridgehead atoms. The summed E-state index contributed by atoms with van der Waals surface area (Å²) in [6.45, 7) is 8.24. The molecule has 2 aromatic carbocycles. The number of carbonyl (C=O) groups excluding carboxylic acids is 1. The standard InChI is InChI=1S/C23H30N2O/c1-18-9-10-20(15-19(18)2)11-12-23(26)24-16-21-7-3-4-8-22(21)17-25-13-5-6-14-25/h3-4,7-10,15H,5-6,11-14,16-17H2,1-2H3,(H,24,26). The van der Waals surface area contributed by atoms with Crippen LogP contribution in [0.2, 0.25) is 0 Å². The number of nitrogens with one attached hydrogen (secondary N) is 1. The highest BCUT2D eigenvalue weighted by Crippen LogP contribution is 2.16. The fraction of sp³-hybridized carbons (Fsp3) is 0.435. The summed E-state index contributed by atoms with van der Waals surface area (Å²) in [6.07, 6.45) is 3.94. The minimum Gasteiger partial charge on any atom is -0.352 e. The van der Waals surface area contributed by atoms with Crippen LogP contribution in [0.25, 0.3) is 0 Å². The molecule has 0 saturated carbocycles. The van der Waals surface area contributed by atoms with Gasteiger partial charge in [-0.15, -0.1) is 0 Å². The summed E-state index contributed by atoms with van der Waals surface area (Å²) in [5.41, 5.74) is 6.40. The fourth-order valence-electron chi connectivity index (χ4n) is 3.56. The summed E-state index contributed by atoms with van der Waals surface area (Å²) in [5.74, 6) is 0.124. The van der Waals surface area contributed by atoms with Crippen molar-refractivity contribution < 1.29 is 4.79 Å². The van der Waals surface area contributed by atoms with Gasteiger partial charge in [-0.25, -0.2) is 0 Å². The minimum absolute atomic E-state index is 0.124. The molecule has 1 fully saturated rings. The number of nitrogens with zero attached hydrogens (tertiary/aromatic N) is 1. The van der Waals surface area contributed by atoms with Gasteiger partial charge in [0.05, 0.1) is 0 Å². The molecule has 1 aliphatic rings. The lowest BCUT2D eigenvalue weighted by Crippen LogP contribution is -2.25. The van der Waals surface area contributed by atoms with Gasteiger partial charge in [-0.05, 0) is 74.0 Å². The molecule has 3 heteroatoms. The van der Waals surface area contributed by atoms with E-state index in [2.05, 4.69) is 66.5 Å². The number of likely N-dealkylation sites (tertiary alicyclic amines) is 1. The van der Waals surface area contributed by atoms with E-state index in [1.54, 1.807) is 0 Å². The molecule has 0 atom stereocenters. The van der Waals surface area contributed by atoms with Crippen LogP contribution >= 0.6 is 0 Å². The Labute approximate surface area is 157 Å². The van der Waals surface area contributed by atoms with Gasteiger partial charge < -0.3 is 5.32 Å². The molecular formula is C23H30N2O. The van der Waals surface area contributed by atoms with E-state index >= 15 is 0 Å². The molecule has 26 heavy (non-hydrogen) atoms. The predicted molar refractivity (Wildman–Crippen MR) is 107 cm³/mol. The Balaban J connectivity index is 1.50. The molecule has 2 aromatic rings. The zero-order valence-electron chi connectivity index (χ0n) is 16.1. The SMILES string of the molecule is Cc1ccc(CCC(=O)NCc2ccccc2CN2CCCC2)cc1C. The van der Waals surface area contributed by atoms with E-state index < -0.39 is 0 Å². The van der Waals surface area contributed by atoms with E-state index in [-0.39, 0.29) is 5.91 Å². The molecule has 3 nitrogen and oxygen atoms in total. The second-order valence-corrected chi connectivity index (χ2v) is 7.45. The second kappa shape index (κ2) is 9.00. The van der Waals surface area contributed by atoms with Crippen LogP contribution in [0.15, 0.2) is 42.5 Å². The van der Waals surface area contributed by atoms with Crippen LogP contribution in [-0.2, 0) is 24.3 Å². The third-order valence-electron chi connectivity index (χ3n) is 5.40. The Morgan fingerprint density at radius 3 is 2.46 bits per heavy atom. The van der Waals surface area contributed by atoms with E-state index in [1.165, 1.54) is 53.7 Å². The average Bonchev–Trinajstić information content (AvgIpc) is 3.15. The molecule has 1 saturated heterocycles. The molecule has 0 radical (unpaired) electrons. The second-order valence-electron chi connectivity index (χ2n) is 7.45. The molecule has 138 valence electrons. The van der Waals surface area contributed by atoms with Crippen LogP contribution < -0.4 is 5.32 Å². The summed E-state index contributed by atoms with van der Waals surface area (Å²) < 4.78 is 0. The van der Waals surface area contributed by atoms with E-state index in [4.69, 9.17) is 0 Å². The molecule has 0 unspecified atom stereocenters. The number of aryl methyl sites for hydroxylation is 3. The van der Waals surface area contributed by atoms with Crippen LogP contribution in [0, 0.1) is 13.8 Å². The molecular weight excluding hydrogens is 320 g/mol. The predicted octanol–water partition coefficient (Wildman–Crippen LogP) is 4.15. The molecule has 1 heterocycles. The topological polar surface area (TPSA) is 32.3 Å². The highest BCUT2D eigenvalue weighted by Gasteiger charge is 2.13. The van der Waals surface area contributed by atoms with Gasteiger partial charge in [0.2, 0.25) is 5.91 Å². The zero-order valence-corrected chi connectivity index (χ0v) is 16.1. The van der Waals surface area contributed by atoms with E-state index in [1.807, 2.05) is 0 Å². The number of amides is 1. The van der Waals surface area contributed by atoms with E-state index in [9.17, 15) is 4.79 Å². The van der Waals surface area contributed by atoms with Gasteiger partial charge in [0, 0.05) is 19.5 Å². The van der Waals surface area contributed by atoms with Crippen molar-refractivity contribution in [1.29, 1.82) is 0 Å². The normalized spacial score (nSPS) is 14.5. The third kappa shape index (κ3) is 5.18. The smallest absolute Gasteiger partial charge is 0.220 e. The van der Waals surface area contributed by atoms with Gasteiger partial charge in [-0.1, -0.05) is 42.5 Å². The summed E-state index contributed by atoms with van der Waals surface area (Å²) in [5, 5.41) is 3.10. The lowest BCUT2D eigenvalue weighted by atomic mass is 10.0. The number of hydrogen-bond acceptors (Lipinski definition) is 2. The monoisotopic (exact) mass is 350 g/mol. The quantitative estimate of drug-likeness (QED) is 0.814. The Morgan fingerprint density at radius 1 is 1.00 bits per heavy atom. The lowest BCUT2D eigenvalue weighted by molar-refractivity contribution is -0.121. The Morgan fingerprint density at radius 2 is 1.73 bits per heavy atom. The maximum absolute atomic E-state index is 12.3. The fourth-order valence-corrected chi connectivity index (χ4v) is 3.56. The summed E-state index contributed by atoms with van der Waals surface area (Å²) >= 11 is 0. The maximum Gasteiger partial charge on any atom is 0.220 e. The Kier molecular flexibility index (Phi) is 6.45. The van der Waals surface area contributed by atoms with Gasteiger partial charge in [-0.2, -0.15) is 0 Å². The van der Waals surface area contributed by atoms with Crippen LogP contribution in [0.3, 0.4) is 0 Å². The van der Waals surface area contributed by atoms with E-state index in [0.29, 0.717) is 13.0 Å². The van der Waals surface area contributed by atoms with Crippen LogP contribution in [0.5, 0.6) is 0 Å². The van der Waals surface area contributed by atoms with Crippen molar-refractivity contribution in [2.24, 2.45) is 0 Å². The molecule has 1 aliphatic heterocycles. The lowest BCUT2D eigenvalue weighted by Gasteiger charge is -2.17. The Hall–Kier alpha value is -2.13. The zero-order chi connectivity index (χ0) is 18.4. The van der Waals surface area contributed by atoms with Crippen molar-refractivity contribution in [2.45, 2.75) is 52.6 Å². The van der Waals surface area contributed by atoms with Gasteiger partial charge >= 0.3 is 0 Å². The minimum atomic E-state index is 0.124. The highest BCUT2D eigenvalue weighted by molar-refractivity contribution is 5.76. The van der Waals surface area contributed by atoms with Gasteiger partial charge in [-0.3, -0.25) is 9.69 Å². The van der Waals surface area contributed by atoms with Gasteiger partial charge in [0.15, 0.2) is 0 Å². The van der Waals surface area contributed by atoms with Crippen molar-refractivity contribution in [2.75, 3.05) is 13.1 Å². The summed E-state index contributed by atoms with van der Waals surface area (Å²) in [6, 6.07) is 14.9. The van der Waals surface area contributed by atoms with Crippen molar-refractivity contribution >= 4 is 5.91 Å². The molecule has 1 amide bonds. The van der Waals surface area contributed by atoms with E-state index in [0.717, 1.165) is 13.0 Å². The average molecular weight is 351 g/mol. The van der Waals surface area contributed by atoms with Crippen LogP contribution in [0.4, 0.5) is 0 Å². The number of rotatable bonds is 7. The highest BCUT2D eigenvalue weighted by atomic mass is 16.1. The number of benzene rings is 2.